The van der Waals surface area contributed by atoms with Crippen molar-refractivity contribution < 1.29 is 9.59 Å². The molecule has 2 rings (SSSR count). The number of aromatic nitrogens is 3. The van der Waals surface area contributed by atoms with E-state index in [2.05, 4.69) is 20.3 Å². The second-order valence-electron chi connectivity index (χ2n) is 3.78. The van der Waals surface area contributed by atoms with E-state index in [0.717, 1.165) is 5.69 Å². The summed E-state index contributed by atoms with van der Waals surface area (Å²) in [4.78, 5) is 34.6. The molecule has 0 atom stereocenters. The van der Waals surface area contributed by atoms with Gasteiger partial charge in [-0.15, -0.1) is 11.3 Å². The number of aryl methyl sites for hydroxylation is 1. The maximum absolute atomic E-state index is 11.8. The zero-order valence-corrected chi connectivity index (χ0v) is 10.9. The topological polar surface area (TPSA) is 111 Å². The summed E-state index contributed by atoms with van der Waals surface area (Å²) in [5.74, 6) is -0.861. The van der Waals surface area contributed by atoms with Crippen LogP contribution in [0.2, 0.25) is 0 Å². The van der Waals surface area contributed by atoms with Gasteiger partial charge in [-0.2, -0.15) is 0 Å². The molecule has 0 fully saturated rings. The van der Waals surface area contributed by atoms with E-state index >= 15 is 0 Å². The molecule has 3 N–H and O–H groups in total. The minimum absolute atomic E-state index is 0.0523. The lowest BCUT2D eigenvalue weighted by atomic mass is 10.3. The van der Waals surface area contributed by atoms with Gasteiger partial charge in [-0.25, -0.2) is 9.97 Å². The number of rotatable bonds is 4. The second kappa shape index (κ2) is 5.53. The molecule has 19 heavy (non-hydrogen) atoms. The van der Waals surface area contributed by atoms with E-state index in [-0.39, 0.29) is 12.1 Å². The van der Waals surface area contributed by atoms with Crippen molar-refractivity contribution in [2.45, 2.75) is 13.3 Å². The van der Waals surface area contributed by atoms with E-state index in [0.29, 0.717) is 10.8 Å². The van der Waals surface area contributed by atoms with Gasteiger partial charge in [0.1, 0.15) is 5.69 Å². The Labute approximate surface area is 112 Å². The largest absolute Gasteiger partial charge is 0.369 e. The fraction of sp³-hybridized carbons (Fsp3) is 0.182. The predicted octanol–water partition coefficient (Wildman–Crippen LogP) is 0.522. The molecule has 0 aliphatic carbocycles. The summed E-state index contributed by atoms with van der Waals surface area (Å²) in [6.45, 7) is 1.78. The Morgan fingerprint density at radius 1 is 1.37 bits per heavy atom. The number of nitrogens with two attached hydrogens (primary N) is 1. The molecule has 2 aromatic heterocycles. The van der Waals surface area contributed by atoms with Gasteiger partial charge in [-0.3, -0.25) is 19.9 Å². The van der Waals surface area contributed by atoms with Crippen LogP contribution in [0.15, 0.2) is 17.8 Å². The maximum atomic E-state index is 11.8. The first-order valence-electron chi connectivity index (χ1n) is 5.37. The monoisotopic (exact) mass is 277 g/mol. The first-order valence-corrected chi connectivity index (χ1v) is 6.25. The van der Waals surface area contributed by atoms with Gasteiger partial charge in [-0.05, 0) is 6.92 Å². The molecule has 98 valence electrons. The molecule has 0 bridgehead atoms. The van der Waals surface area contributed by atoms with Gasteiger partial charge >= 0.3 is 0 Å². The third-order valence-electron chi connectivity index (χ3n) is 2.14. The van der Waals surface area contributed by atoms with Gasteiger partial charge in [0.25, 0.3) is 5.91 Å². The number of primary amides is 1. The fourth-order valence-electron chi connectivity index (χ4n) is 1.30. The smallest absolute Gasteiger partial charge is 0.277 e. The molecule has 0 aromatic carbocycles. The van der Waals surface area contributed by atoms with Crippen LogP contribution in [0.4, 0.5) is 5.13 Å². The molecule has 0 unspecified atom stereocenters. The summed E-state index contributed by atoms with van der Waals surface area (Å²) in [6, 6.07) is 0. The van der Waals surface area contributed by atoms with Crippen LogP contribution in [-0.4, -0.2) is 26.8 Å². The van der Waals surface area contributed by atoms with E-state index in [9.17, 15) is 9.59 Å². The minimum atomic E-state index is -0.465. The molecule has 0 saturated carbocycles. The first-order chi connectivity index (χ1) is 9.04. The Bertz CT molecular complexity index is 608. The molecule has 7 nitrogen and oxygen atoms in total. The highest BCUT2D eigenvalue weighted by Crippen LogP contribution is 2.16. The lowest BCUT2D eigenvalue weighted by Crippen LogP contribution is -2.15. The molecule has 2 amide bonds. The highest BCUT2D eigenvalue weighted by Gasteiger charge is 2.11. The highest BCUT2D eigenvalue weighted by molar-refractivity contribution is 7.14. The SMILES string of the molecule is Cc1cnc(C(=O)Nc2nc(CC(N)=O)cs2)cn1. The summed E-state index contributed by atoms with van der Waals surface area (Å²) in [7, 11) is 0. The lowest BCUT2D eigenvalue weighted by Gasteiger charge is -2.00. The average molecular weight is 277 g/mol. The standard InChI is InChI=1S/C11H11N5O2S/c1-6-3-14-8(4-13-6)10(18)16-11-15-7(5-19-11)2-9(12)17/h3-5H,2H2,1H3,(H2,12,17)(H,15,16,18). The third kappa shape index (κ3) is 3.55. The summed E-state index contributed by atoms with van der Waals surface area (Å²) in [6.07, 6.45) is 2.95. The summed E-state index contributed by atoms with van der Waals surface area (Å²) in [5, 5.41) is 4.65. The number of hydrogen-bond donors (Lipinski definition) is 2. The minimum Gasteiger partial charge on any atom is -0.369 e. The van der Waals surface area contributed by atoms with E-state index in [4.69, 9.17) is 5.73 Å². The van der Waals surface area contributed by atoms with Gasteiger partial charge < -0.3 is 5.73 Å². The van der Waals surface area contributed by atoms with Gasteiger partial charge in [0, 0.05) is 11.6 Å². The molecule has 0 spiro atoms. The van der Waals surface area contributed by atoms with Crippen molar-refractivity contribution >= 4 is 28.3 Å². The van der Waals surface area contributed by atoms with Crippen molar-refractivity contribution in [1.29, 1.82) is 0 Å². The molecular formula is C11H11N5O2S. The highest BCUT2D eigenvalue weighted by atomic mass is 32.1. The van der Waals surface area contributed by atoms with Crippen LogP contribution in [0.3, 0.4) is 0 Å². The molecule has 0 radical (unpaired) electrons. The first kappa shape index (κ1) is 13.1. The van der Waals surface area contributed by atoms with Crippen LogP contribution in [0.25, 0.3) is 0 Å². The zero-order chi connectivity index (χ0) is 13.8. The molecule has 0 aliphatic rings. The van der Waals surface area contributed by atoms with Crippen molar-refractivity contribution in [1.82, 2.24) is 15.0 Å². The van der Waals surface area contributed by atoms with Gasteiger partial charge in [0.2, 0.25) is 5.91 Å². The Morgan fingerprint density at radius 3 is 2.79 bits per heavy atom. The van der Waals surface area contributed by atoms with Crippen LogP contribution < -0.4 is 11.1 Å². The van der Waals surface area contributed by atoms with Crippen LogP contribution in [0.1, 0.15) is 21.9 Å². The predicted molar refractivity (Wildman–Crippen MR) is 69.7 cm³/mol. The molecule has 0 saturated heterocycles. The maximum Gasteiger partial charge on any atom is 0.277 e. The van der Waals surface area contributed by atoms with E-state index in [1.807, 2.05) is 0 Å². The van der Waals surface area contributed by atoms with Gasteiger partial charge in [0.15, 0.2) is 5.13 Å². The van der Waals surface area contributed by atoms with Crippen molar-refractivity contribution in [3.05, 3.63) is 34.9 Å². The summed E-state index contributed by atoms with van der Waals surface area (Å²) >= 11 is 1.22. The van der Waals surface area contributed by atoms with Crippen LogP contribution >= 0.6 is 11.3 Å². The number of carbonyl (C=O) groups is 2. The van der Waals surface area contributed by atoms with Crippen molar-refractivity contribution in [3.63, 3.8) is 0 Å². The Morgan fingerprint density at radius 2 is 2.16 bits per heavy atom. The molecule has 2 heterocycles. The number of nitrogens with zero attached hydrogens (tertiary/aromatic N) is 3. The number of thiazole rings is 1. The quantitative estimate of drug-likeness (QED) is 0.846. The average Bonchev–Trinajstić information content (AvgIpc) is 2.76. The van der Waals surface area contributed by atoms with Crippen LogP contribution in [-0.2, 0) is 11.2 Å². The fourth-order valence-corrected chi connectivity index (χ4v) is 2.00. The zero-order valence-electron chi connectivity index (χ0n) is 10.1. The van der Waals surface area contributed by atoms with Crippen molar-refractivity contribution in [3.8, 4) is 0 Å². The normalized spacial score (nSPS) is 10.2. The van der Waals surface area contributed by atoms with Gasteiger partial charge in [-0.1, -0.05) is 0 Å². The van der Waals surface area contributed by atoms with Crippen LogP contribution in [0.5, 0.6) is 0 Å². The van der Waals surface area contributed by atoms with Crippen molar-refractivity contribution in [2.24, 2.45) is 5.73 Å². The Kier molecular flexibility index (Phi) is 3.81. The third-order valence-corrected chi connectivity index (χ3v) is 2.95. The molecule has 2 aromatic rings. The number of amides is 2. The van der Waals surface area contributed by atoms with Crippen molar-refractivity contribution in [2.75, 3.05) is 5.32 Å². The number of carbonyl (C=O) groups excluding carboxylic acids is 2. The number of nitrogens with one attached hydrogen (secondary N) is 1. The second-order valence-corrected chi connectivity index (χ2v) is 4.64. The van der Waals surface area contributed by atoms with E-state index in [1.165, 1.54) is 23.7 Å². The van der Waals surface area contributed by atoms with E-state index < -0.39 is 11.8 Å². The molecule has 8 heteroatoms. The summed E-state index contributed by atoms with van der Waals surface area (Å²) in [5.41, 5.74) is 6.53. The van der Waals surface area contributed by atoms with Crippen LogP contribution in [0, 0.1) is 6.92 Å². The Balaban J connectivity index is 2.04. The summed E-state index contributed by atoms with van der Waals surface area (Å²) < 4.78 is 0. The Hall–Kier alpha value is -2.35. The number of hydrogen-bond acceptors (Lipinski definition) is 6. The lowest BCUT2D eigenvalue weighted by molar-refractivity contribution is -0.117. The van der Waals surface area contributed by atoms with Gasteiger partial charge in [0.05, 0.1) is 24.0 Å². The molecular weight excluding hydrogens is 266 g/mol. The molecule has 0 aliphatic heterocycles. The number of anilines is 1. The van der Waals surface area contributed by atoms with E-state index in [1.54, 1.807) is 12.3 Å².